The lowest BCUT2D eigenvalue weighted by Gasteiger charge is -2.36. The van der Waals surface area contributed by atoms with Gasteiger partial charge in [-0.05, 0) is 25.3 Å². The van der Waals surface area contributed by atoms with E-state index in [2.05, 4.69) is 25.3 Å². The second-order valence-corrected chi connectivity index (χ2v) is 7.94. The summed E-state index contributed by atoms with van der Waals surface area (Å²) in [6, 6.07) is 1.66. The number of hydrogen-bond donors (Lipinski definition) is 3. The minimum atomic E-state index is -0.596. The lowest BCUT2D eigenvalue weighted by Crippen LogP contribution is -2.42. The summed E-state index contributed by atoms with van der Waals surface area (Å²) >= 11 is 6.05. The number of amides is 1. The van der Waals surface area contributed by atoms with Crippen LogP contribution in [-0.4, -0.2) is 31.9 Å². The molecule has 3 aromatic heterocycles. The van der Waals surface area contributed by atoms with Crippen molar-refractivity contribution in [2.75, 3.05) is 5.32 Å². The lowest BCUT2D eigenvalue weighted by atomic mass is 9.73. The average molecular weight is 403 g/mol. The first-order valence-electron chi connectivity index (χ1n) is 9.08. The highest BCUT2D eigenvalue weighted by atomic mass is 35.5. The molecule has 1 aliphatic carbocycles. The van der Waals surface area contributed by atoms with Crippen LogP contribution in [0.5, 0.6) is 0 Å². The molecule has 28 heavy (non-hydrogen) atoms. The summed E-state index contributed by atoms with van der Waals surface area (Å²) in [5.74, 6) is -0.419. The van der Waals surface area contributed by atoms with E-state index in [1.807, 2.05) is 6.92 Å². The third kappa shape index (κ3) is 3.40. The first-order valence-corrected chi connectivity index (χ1v) is 9.45. The van der Waals surface area contributed by atoms with Crippen molar-refractivity contribution in [1.82, 2.24) is 19.9 Å². The highest BCUT2D eigenvalue weighted by molar-refractivity contribution is 6.31. The fraction of sp³-hybridized carbons (Fsp3) is 0.368. The van der Waals surface area contributed by atoms with Crippen molar-refractivity contribution in [3.05, 3.63) is 35.5 Å². The first-order chi connectivity index (χ1) is 13.4. The van der Waals surface area contributed by atoms with Crippen LogP contribution in [0, 0.1) is 11.2 Å². The molecule has 3 aromatic rings. The maximum Gasteiger partial charge on any atom is 0.223 e. The van der Waals surface area contributed by atoms with E-state index in [-0.39, 0.29) is 17.8 Å². The van der Waals surface area contributed by atoms with Crippen molar-refractivity contribution in [3.8, 4) is 11.4 Å². The molecule has 3 heterocycles. The van der Waals surface area contributed by atoms with Gasteiger partial charge in [-0.1, -0.05) is 24.9 Å². The molecule has 0 aromatic carbocycles. The number of carbonyl (C=O) groups excluding carboxylic acids is 1. The number of nitrogens with zero attached hydrogens (tertiary/aromatic N) is 3. The van der Waals surface area contributed by atoms with E-state index in [0.29, 0.717) is 28.5 Å². The summed E-state index contributed by atoms with van der Waals surface area (Å²) in [6.07, 6.45) is 7.32. The molecule has 1 aliphatic rings. The van der Waals surface area contributed by atoms with Crippen molar-refractivity contribution in [2.24, 2.45) is 11.1 Å². The van der Waals surface area contributed by atoms with E-state index in [1.54, 1.807) is 18.5 Å². The second-order valence-electron chi connectivity index (χ2n) is 7.50. The number of halogens is 2. The van der Waals surface area contributed by atoms with Gasteiger partial charge in [0.25, 0.3) is 0 Å². The predicted molar refractivity (Wildman–Crippen MR) is 105 cm³/mol. The lowest BCUT2D eigenvalue weighted by molar-refractivity contribution is -0.128. The molecule has 0 radical (unpaired) electrons. The summed E-state index contributed by atoms with van der Waals surface area (Å²) in [6.45, 7) is 1.85. The van der Waals surface area contributed by atoms with Gasteiger partial charge in [0.15, 0.2) is 17.5 Å². The van der Waals surface area contributed by atoms with Crippen molar-refractivity contribution in [3.63, 3.8) is 0 Å². The zero-order chi connectivity index (χ0) is 19.9. The third-order valence-electron chi connectivity index (χ3n) is 5.40. The SMILES string of the molecule is C[C@@]1(C(N)=O)CCC[C@H](Nc2nc(-c3c[nH]c4ncc(Cl)cc34)ncc2F)C1. The molecule has 1 amide bonds. The number of primary amides is 1. The highest BCUT2D eigenvalue weighted by Gasteiger charge is 2.37. The maximum atomic E-state index is 14.4. The van der Waals surface area contributed by atoms with Gasteiger partial charge in [-0.3, -0.25) is 4.79 Å². The highest BCUT2D eigenvalue weighted by Crippen LogP contribution is 2.37. The van der Waals surface area contributed by atoms with Gasteiger partial charge in [-0.25, -0.2) is 19.3 Å². The van der Waals surface area contributed by atoms with Crippen LogP contribution in [0.3, 0.4) is 0 Å². The molecule has 2 atom stereocenters. The molecule has 0 saturated heterocycles. The number of nitrogens with one attached hydrogen (secondary N) is 2. The van der Waals surface area contributed by atoms with Crippen LogP contribution < -0.4 is 11.1 Å². The molecule has 0 spiro atoms. The van der Waals surface area contributed by atoms with Crippen molar-refractivity contribution in [1.29, 1.82) is 0 Å². The van der Waals surface area contributed by atoms with Crippen molar-refractivity contribution < 1.29 is 9.18 Å². The number of hydrogen-bond acceptors (Lipinski definition) is 5. The Morgan fingerprint density at radius 3 is 3.04 bits per heavy atom. The predicted octanol–water partition coefficient (Wildman–Crippen LogP) is 3.66. The molecule has 1 fully saturated rings. The Hall–Kier alpha value is -2.74. The Labute approximate surface area is 165 Å². The van der Waals surface area contributed by atoms with Crippen LogP contribution in [0.25, 0.3) is 22.4 Å². The number of rotatable bonds is 4. The number of pyridine rings is 1. The fourth-order valence-corrected chi connectivity index (χ4v) is 3.95. The van der Waals surface area contributed by atoms with Gasteiger partial charge in [0.05, 0.1) is 11.2 Å². The number of nitrogens with two attached hydrogens (primary N) is 1. The van der Waals surface area contributed by atoms with Gasteiger partial charge in [0, 0.05) is 34.8 Å². The maximum absolute atomic E-state index is 14.4. The van der Waals surface area contributed by atoms with E-state index in [0.717, 1.165) is 30.8 Å². The Morgan fingerprint density at radius 1 is 1.43 bits per heavy atom. The van der Waals surface area contributed by atoms with Gasteiger partial charge >= 0.3 is 0 Å². The van der Waals surface area contributed by atoms with Crippen LogP contribution in [0.2, 0.25) is 5.02 Å². The standard InChI is InChI=1S/C19H20ClFN6O/c1-19(18(22)28)4-2-3-11(6-19)26-17-14(21)9-25-16(27-17)13-8-24-15-12(13)5-10(20)7-23-15/h5,7-9,11H,2-4,6H2,1H3,(H2,22,28)(H,23,24)(H,25,26,27)/t11-,19+/m0/s1. The molecule has 9 heteroatoms. The van der Waals surface area contributed by atoms with Gasteiger partial charge in [0.1, 0.15) is 5.65 Å². The van der Waals surface area contributed by atoms with Gasteiger partial charge in [-0.2, -0.15) is 0 Å². The number of aromatic amines is 1. The van der Waals surface area contributed by atoms with E-state index in [4.69, 9.17) is 17.3 Å². The van der Waals surface area contributed by atoms with E-state index < -0.39 is 11.2 Å². The summed E-state index contributed by atoms with van der Waals surface area (Å²) in [5, 5.41) is 4.38. The number of fused-ring (bicyclic) bond motifs is 1. The summed E-state index contributed by atoms with van der Waals surface area (Å²) in [7, 11) is 0. The van der Waals surface area contributed by atoms with Crippen LogP contribution in [0.15, 0.2) is 24.7 Å². The molecule has 1 saturated carbocycles. The van der Waals surface area contributed by atoms with Crippen molar-refractivity contribution in [2.45, 2.75) is 38.6 Å². The molecule has 7 nitrogen and oxygen atoms in total. The van der Waals surface area contributed by atoms with Gasteiger partial charge in [0.2, 0.25) is 5.91 Å². The minimum Gasteiger partial charge on any atom is -0.369 e. The van der Waals surface area contributed by atoms with E-state index in [9.17, 15) is 9.18 Å². The molecule has 0 bridgehead atoms. The Balaban J connectivity index is 1.64. The monoisotopic (exact) mass is 402 g/mol. The molecular formula is C19H20ClFN6O. The van der Waals surface area contributed by atoms with E-state index >= 15 is 0 Å². The molecule has 146 valence electrons. The Kier molecular flexibility index (Phi) is 4.66. The fourth-order valence-electron chi connectivity index (χ4n) is 3.79. The van der Waals surface area contributed by atoms with Crippen LogP contribution in [-0.2, 0) is 4.79 Å². The summed E-state index contributed by atoms with van der Waals surface area (Å²) < 4.78 is 14.4. The average Bonchev–Trinajstić information content (AvgIpc) is 3.06. The third-order valence-corrected chi connectivity index (χ3v) is 5.60. The minimum absolute atomic E-state index is 0.0948. The normalized spacial score (nSPS) is 22.3. The number of aromatic nitrogens is 4. The molecule has 0 aliphatic heterocycles. The smallest absolute Gasteiger partial charge is 0.223 e. The Morgan fingerprint density at radius 2 is 2.25 bits per heavy atom. The molecule has 4 N–H and O–H groups in total. The number of anilines is 1. The topological polar surface area (TPSA) is 110 Å². The molecule has 0 unspecified atom stereocenters. The quantitative estimate of drug-likeness (QED) is 0.617. The van der Waals surface area contributed by atoms with Crippen LogP contribution >= 0.6 is 11.6 Å². The molecule has 4 rings (SSSR count). The zero-order valence-corrected chi connectivity index (χ0v) is 16.1. The molecular weight excluding hydrogens is 383 g/mol. The number of H-pyrrole nitrogens is 1. The summed E-state index contributed by atoms with van der Waals surface area (Å²) in [5.41, 5.74) is 6.28. The van der Waals surface area contributed by atoms with E-state index in [1.165, 1.54) is 0 Å². The second kappa shape index (κ2) is 7.01. The van der Waals surface area contributed by atoms with Gasteiger partial charge in [-0.15, -0.1) is 0 Å². The van der Waals surface area contributed by atoms with Crippen LogP contribution in [0.1, 0.15) is 32.6 Å². The first kappa shape index (κ1) is 18.6. The van der Waals surface area contributed by atoms with Gasteiger partial charge < -0.3 is 16.0 Å². The van der Waals surface area contributed by atoms with Crippen molar-refractivity contribution >= 4 is 34.4 Å². The largest absolute Gasteiger partial charge is 0.369 e. The Bertz CT molecular complexity index is 1050. The zero-order valence-electron chi connectivity index (χ0n) is 15.3. The number of carbonyl (C=O) groups is 1. The van der Waals surface area contributed by atoms with Crippen LogP contribution in [0.4, 0.5) is 10.2 Å². The summed E-state index contributed by atoms with van der Waals surface area (Å²) in [4.78, 5) is 27.5.